The van der Waals surface area contributed by atoms with Gasteiger partial charge in [0.15, 0.2) is 22.4 Å². The van der Waals surface area contributed by atoms with Gasteiger partial charge in [-0.2, -0.15) is 0 Å². The normalized spacial score (nSPS) is 13.3. The summed E-state index contributed by atoms with van der Waals surface area (Å²) in [5, 5.41) is 6.07. The molecule has 1 aliphatic rings. The standard InChI is InChI=1S/C22H23N3O5S/c1-12(2)19(24-20(26)16-5-4-8-28-16)21(27)25-22-23-13(3)18(31-22)10-14-6-7-15-17(9-14)30-11-29-15/h4-9,12,19H,10-11H2,1-3H3,(H,24,26)(H,23,25,27). The third-order valence-corrected chi connectivity index (χ3v) is 5.98. The first-order valence-corrected chi connectivity index (χ1v) is 10.7. The summed E-state index contributed by atoms with van der Waals surface area (Å²) >= 11 is 1.42. The third-order valence-electron chi connectivity index (χ3n) is 4.91. The van der Waals surface area contributed by atoms with Crippen molar-refractivity contribution in [1.29, 1.82) is 0 Å². The number of ether oxygens (including phenoxy) is 2. The van der Waals surface area contributed by atoms with Crippen molar-refractivity contribution in [2.45, 2.75) is 33.2 Å². The van der Waals surface area contributed by atoms with E-state index in [1.165, 1.54) is 17.6 Å². The lowest BCUT2D eigenvalue weighted by atomic mass is 10.0. The van der Waals surface area contributed by atoms with Crippen LogP contribution in [0.3, 0.4) is 0 Å². The summed E-state index contributed by atoms with van der Waals surface area (Å²) in [5.41, 5.74) is 1.92. The van der Waals surface area contributed by atoms with E-state index >= 15 is 0 Å². The van der Waals surface area contributed by atoms with Gasteiger partial charge in [-0.1, -0.05) is 19.9 Å². The molecule has 8 nitrogen and oxygen atoms in total. The molecule has 3 heterocycles. The number of fused-ring (bicyclic) bond motifs is 1. The van der Waals surface area contributed by atoms with Crippen molar-refractivity contribution < 1.29 is 23.5 Å². The number of anilines is 1. The summed E-state index contributed by atoms with van der Waals surface area (Å²) in [7, 11) is 0. The summed E-state index contributed by atoms with van der Waals surface area (Å²) in [4.78, 5) is 30.7. The molecule has 162 valence electrons. The molecule has 0 spiro atoms. The van der Waals surface area contributed by atoms with Crippen molar-refractivity contribution in [2.24, 2.45) is 5.92 Å². The molecule has 31 heavy (non-hydrogen) atoms. The number of nitrogens with one attached hydrogen (secondary N) is 2. The van der Waals surface area contributed by atoms with Crippen LogP contribution in [0.25, 0.3) is 0 Å². The third kappa shape index (κ3) is 4.72. The number of carbonyl (C=O) groups excluding carboxylic acids is 2. The zero-order valence-electron chi connectivity index (χ0n) is 17.4. The van der Waals surface area contributed by atoms with Crippen molar-refractivity contribution in [3.05, 3.63) is 58.5 Å². The summed E-state index contributed by atoms with van der Waals surface area (Å²) in [6, 6.07) is 8.30. The van der Waals surface area contributed by atoms with Gasteiger partial charge in [0.05, 0.1) is 12.0 Å². The van der Waals surface area contributed by atoms with Crippen LogP contribution in [0.5, 0.6) is 11.5 Å². The Kier molecular flexibility index (Phi) is 5.94. The molecule has 2 amide bonds. The molecule has 1 atom stereocenters. The fraction of sp³-hybridized carbons (Fsp3) is 0.318. The second-order valence-corrected chi connectivity index (χ2v) is 8.64. The molecule has 0 saturated carbocycles. The first-order valence-electron chi connectivity index (χ1n) is 9.91. The molecule has 0 fully saturated rings. The van der Waals surface area contributed by atoms with Gasteiger partial charge in [-0.05, 0) is 42.7 Å². The monoisotopic (exact) mass is 441 g/mol. The molecule has 1 aromatic carbocycles. The zero-order chi connectivity index (χ0) is 22.0. The van der Waals surface area contributed by atoms with E-state index in [-0.39, 0.29) is 24.4 Å². The molecule has 2 N–H and O–H groups in total. The number of rotatable bonds is 7. The van der Waals surface area contributed by atoms with Crippen LogP contribution >= 0.6 is 11.3 Å². The van der Waals surface area contributed by atoms with Crippen LogP contribution in [0.1, 0.15) is 40.5 Å². The van der Waals surface area contributed by atoms with Crippen LogP contribution < -0.4 is 20.1 Å². The summed E-state index contributed by atoms with van der Waals surface area (Å²) in [6.07, 6.45) is 2.08. The number of nitrogens with zero attached hydrogens (tertiary/aromatic N) is 1. The molecule has 1 unspecified atom stereocenters. The summed E-state index contributed by atoms with van der Waals surface area (Å²) < 4.78 is 15.9. The van der Waals surface area contributed by atoms with E-state index in [0.717, 1.165) is 27.6 Å². The predicted octanol–water partition coefficient (Wildman–Crippen LogP) is 3.76. The SMILES string of the molecule is Cc1nc(NC(=O)C(NC(=O)c2ccco2)C(C)C)sc1Cc1ccc2c(c1)OCO2. The number of aryl methyl sites for hydroxylation is 1. The zero-order valence-corrected chi connectivity index (χ0v) is 18.2. The van der Waals surface area contributed by atoms with Crippen LogP contribution in [-0.4, -0.2) is 29.6 Å². The van der Waals surface area contributed by atoms with Crippen molar-refractivity contribution in [3.63, 3.8) is 0 Å². The van der Waals surface area contributed by atoms with Gasteiger partial charge < -0.3 is 24.5 Å². The molecule has 2 aromatic heterocycles. The highest BCUT2D eigenvalue weighted by Crippen LogP contribution is 2.34. The van der Waals surface area contributed by atoms with Gasteiger partial charge in [-0.25, -0.2) is 4.98 Å². The number of amides is 2. The van der Waals surface area contributed by atoms with Crippen LogP contribution in [0.2, 0.25) is 0 Å². The van der Waals surface area contributed by atoms with Crippen molar-refractivity contribution >= 4 is 28.3 Å². The second kappa shape index (κ2) is 8.81. The van der Waals surface area contributed by atoms with E-state index in [9.17, 15) is 9.59 Å². The predicted molar refractivity (Wildman–Crippen MR) is 116 cm³/mol. The Labute approximate surface area is 183 Å². The molecular weight excluding hydrogens is 418 g/mol. The van der Waals surface area contributed by atoms with E-state index in [1.807, 2.05) is 39.0 Å². The molecule has 4 rings (SSSR count). The number of aromatic nitrogens is 1. The molecule has 1 aliphatic heterocycles. The summed E-state index contributed by atoms with van der Waals surface area (Å²) in [6.45, 7) is 5.88. The lowest BCUT2D eigenvalue weighted by Gasteiger charge is -2.20. The number of hydrogen-bond acceptors (Lipinski definition) is 7. The highest BCUT2D eigenvalue weighted by Gasteiger charge is 2.26. The Balaban J connectivity index is 1.43. The fourth-order valence-electron chi connectivity index (χ4n) is 3.22. The molecule has 0 saturated heterocycles. The van der Waals surface area contributed by atoms with Gasteiger partial charge in [0.2, 0.25) is 12.7 Å². The first-order chi connectivity index (χ1) is 14.9. The van der Waals surface area contributed by atoms with Crippen molar-refractivity contribution in [1.82, 2.24) is 10.3 Å². The Hall–Kier alpha value is -3.33. The highest BCUT2D eigenvalue weighted by atomic mass is 32.1. The topological polar surface area (TPSA) is 103 Å². The van der Waals surface area contributed by atoms with Crippen LogP contribution in [0, 0.1) is 12.8 Å². The van der Waals surface area contributed by atoms with Gasteiger partial charge in [-0.15, -0.1) is 11.3 Å². The van der Waals surface area contributed by atoms with Crippen molar-refractivity contribution in [3.8, 4) is 11.5 Å². The lowest BCUT2D eigenvalue weighted by molar-refractivity contribution is -0.118. The average molecular weight is 442 g/mol. The minimum atomic E-state index is -0.723. The Bertz CT molecular complexity index is 1090. The molecule has 0 aliphatic carbocycles. The quantitative estimate of drug-likeness (QED) is 0.579. The Morgan fingerprint density at radius 2 is 2.00 bits per heavy atom. The maximum Gasteiger partial charge on any atom is 0.287 e. The Morgan fingerprint density at radius 1 is 1.19 bits per heavy atom. The second-order valence-electron chi connectivity index (χ2n) is 7.55. The number of thiazole rings is 1. The number of hydrogen-bond donors (Lipinski definition) is 2. The maximum absolute atomic E-state index is 12.8. The van der Waals surface area contributed by atoms with E-state index in [2.05, 4.69) is 15.6 Å². The highest BCUT2D eigenvalue weighted by molar-refractivity contribution is 7.15. The number of furan rings is 1. The van der Waals surface area contributed by atoms with E-state index < -0.39 is 11.9 Å². The van der Waals surface area contributed by atoms with Gasteiger partial charge in [0.25, 0.3) is 5.91 Å². The summed E-state index contributed by atoms with van der Waals surface area (Å²) in [5.74, 6) is 0.771. The largest absolute Gasteiger partial charge is 0.459 e. The lowest BCUT2D eigenvalue weighted by Crippen LogP contribution is -2.47. The van der Waals surface area contributed by atoms with Gasteiger partial charge in [0.1, 0.15) is 6.04 Å². The maximum atomic E-state index is 12.8. The van der Waals surface area contributed by atoms with Crippen LogP contribution in [-0.2, 0) is 11.2 Å². The minimum Gasteiger partial charge on any atom is -0.459 e. The van der Waals surface area contributed by atoms with Crippen LogP contribution in [0.4, 0.5) is 5.13 Å². The van der Waals surface area contributed by atoms with Crippen molar-refractivity contribution in [2.75, 3.05) is 12.1 Å². The van der Waals surface area contributed by atoms with Gasteiger partial charge in [0, 0.05) is 11.3 Å². The minimum absolute atomic E-state index is 0.118. The van der Waals surface area contributed by atoms with Crippen LogP contribution in [0.15, 0.2) is 41.0 Å². The molecule has 0 bridgehead atoms. The Morgan fingerprint density at radius 3 is 2.74 bits per heavy atom. The molecule has 9 heteroatoms. The number of carbonyl (C=O) groups is 2. The average Bonchev–Trinajstić information content (AvgIpc) is 3.47. The smallest absolute Gasteiger partial charge is 0.287 e. The van der Waals surface area contributed by atoms with E-state index in [1.54, 1.807) is 12.1 Å². The van der Waals surface area contributed by atoms with E-state index in [0.29, 0.717) is 11.6 Å². The molecule has 3 aromatic rings. The first kappa shape index (κ1) is 20.9. The molecular formula is C22H23N3O5S. The van der Waals surface area contributed by atoms with E-state index in [4.69, 9.17) is 13.9 Å². The van der Waals surface area contributed by atoms with Gasteiger partial charge >= 0.3 is 0 Å². The fourth-order valence-corrected chi connectivity index (χ4v) is 4.22. The molecule has 0 radical (unpaired) electrons. The van der Waals surface area contributed by atoms with Gasteiger partial charge in [-0.3, -0.25) is 9.59 Å². The number of benzene rings is 1.